The van der Waals surface area contributed by atoms with Crippen LogP contribution in [-0.4, -0.2) is 11.6 Å². The molecule has 0 radical (unpaired) electrons. The van der Waals surface area contributed by atoms with E-state index in [1.54, 1.807) is 0 Å². The van der Waals surface area contributed by atoms with Gasteiger partial charge in [0.15, 0.2) is 11.6 Å². The van der Waals surface area contributed by atoms with Gasteiger partial charge in [-0.1, -0.05) is 25.5 Å². The van der Waals surface area contributed by atoms with E-state index in [0.717, 1.165) is 19.3 Å². The Kier molecular flexibility index (Phi) is 2.58. The molecule has 0 N–H and O–H groups in total. The van der Waals surface area contributed by atoms with Gasteiger partial charge in [-0.2, -0.15) is 0 Å². The van der Waals surface area contributed by atoms with E-state index in [4.69, 9.17) is 0 Å². The molecule has 0 heterocycles. The number of allylic oxidation sites excluding steroid dienone is 3. The molecule has 0 aromatic rings. The number of carbonyl (C=O) groups excluding carboxylic acids is 2. The average Bonchev–Trinajstić information content (AvgIpc) is 2.31. The highest BCUT2D eigenvalue weighted by Gasteiger charge is 2.61. The number of ketones is 2. The molecule has 3 aliphatic carbocycles. The Morgan fingerprint density at radius 1 is 1.44 bits per heavy atom. The van der Waals surface area contributed by atoms with Crippen molar-refractivity contribution in [1.82, 2.24) is 0 Å². The molecule has 2 fully saturated rings. The molecule has 0 amide bonds. The van der Waals surface area contributed by atoms with E-state index in [-0.39, 0.29) is 17.5 Å². The third-order valence-electron chi connectivity index (χ3n) is 5.48. The van der Waals surface area contributed by atoms with E-state index in [0.29, 0.717) is 11.8 Å². The Morgan fingerprint density at radius 3 is 2.83 bits per heavy atom. The van der Waals surface area contributed by atoms with Crippen molar-refractivity contribution in [3.63, 3.8) is 0 Å². The van der Waals surface area contributed by atoms with Gasteiger partial charge in [0.1, 0.15) is 0 Å². The summed E-state index contributed by atoms with van der Waals surface area (Å²) in [6.45, 7) is 5.79. The van der Waals surface area contributed by atoms with Crippen molar-refractivity contribution in [3.8, 4) is 0 Å². The standard InChI is InChI=1S/C16H20O2/c1-3-14(17)16-8-7-13(16)11-6-4-5-10(2)12(11)9-15(16)18/h3,9-11,13H,1,4-8H2,2H3. The van der Waals surface area contributed by atoms with Crippen LogP contribution >= 0.6 is 0 Å². The maximum Gasteiger partial charge on any atom is 0.169 e. The zero-order valence-electron chi connectivity index (χ0n) is 10.9. The van der Waals surface area contributed by atoms with Crippen molar-refractivity contribution in [2.45, 2.75) is 39.0 Å². The van der Waals surface area contributed by atoms with Crippen molar-refractivity contribution in [1.29, 1.82) is 0 Å². The highest BCUT2D eigenvalue weighted by atomic mass is 16.2. The molecular weight excluding hydrogens is 224 g/mol. The van der Waals surface area contributed by atoms with Crippen LogP contribution in [-0.2, 0) is 9.59 Å². The number of rotatable bonds is 2. The second-order valence-electron chi connectivity index (χ2n) is 6.13. The lowest BCUT2D eigenvalue weighted by atomic mass is 9.46. The number of carbonyl (C=O) groups is 2. The SMILES string of the molecule is C=CC(=O)C12CCC1C1CCCC(C)C1=CC2=O. The van der Waals surface area contributed by atoms with Gasteiger partial charge in [-0.15, -0.1) is 0 Å². The van der Waals surface area contributed by atoms with Gasteiger partial charge >= 0.3 is 0 Å². The first kappa shape index (κ1) is 11.9. The van der Waals surface area contributed by atoms with Gasteiger partial charge in [-0.05, 0) is 55.6 Å². The third kappa shape index (κ3) is 1.29. The first-order chi connectivity index (χ1) is 8.61. The van der Waals surface area contributed by atoms with Gasteiger partial charge in [0.2, 0.25) is 0 Å². The molecule has 2 saturated carbocycles. The summed E-state index contributed by atoms with van der Waals surface area (Å²) >= 11 is 0. The van der Waals surface area contributed by atoms with Gasteiger partial charge in [0.25, 0.3) is 0 Å². The van der Waals surface area contributed by atoms with Crippen LogP contribution in [0.1, 0.15) is 39.0 Å². The second kappa shape index (κ2) is 3.91. The molecule has 0 aromatic carbocycles. The molecule has 4 atom stereocenters. The summed E-state index contributed by atoms with van der Waals surface area (Å²) in [5.74, 6) is 1.27. The highest BCUT2D eigenvalue weighted by molar-refractivity contribution is 6.17. The highest BCUT2D eigenvalue weighted by Crippen LogP contribution is 2.59. The quantitative estimate of drug-likeness (QED) is 0.552. The van der Waals surface area contributed by atoms with E-state index in [1.165, 1.54) is 24.5 Å². The predicted octanol–water partition coefficient (Wildman–Crippen LogP) is 3.08. The first-order valence-corrected chi connectivity index (χ1v) is 7.04. The van der Waals surface area contributed by atoms with E-state index in [9.17, 15) is 9.59 Å². The average molecular weight is 244 g/mol. The van der Waals surface area contributed by atoms with E-state index in [1.807, 2.05) is 6.08 Å². The number of fused-ring (bicyclic) bond motifs is 3. The van der Waals surface area contributed by atoms with Crippen LogP contribution in [0.4, 0.5) is 0 Å². The van der Waals surface area contributed by atoms with Gasteiger partial charge in [-0.3, -0.25) is 9.59 Å². The minimum atomic E-state index is -0.715. The molecule has 2 nitrogen and oxygen atoms in total. The number of hydrogen-bond acceptors (Lipinski definition) is 2. The fraction of sp³-hybridized carbons (Fsp3) is 0.625. The van der Waals surface area contributed by atoms with Crippen molar-refractivity contribution >= 4 is 11.6 Å². The van der Waals surface area contributed by atoms with Gasteiger partial charge in [-0.25, -0.2) is 0 Å². The maximum absolute atomic E-state index is 12.4. The Labute approximate surface area is 108 Å². The second-order valence-corrected chi connectivity index (χ2v) is 6.13. The van der Waals surface area contributed by atoms with Gasteiger partial charge in [0, 0.05) is 0 Å². The molecular formula is C16H20O2. The summed E-state index contributed by atoms with van der Waals surface area (Å²) in [6.07, 6.45) is 8.49. The smallest absolute Gasteiger partial charge is 0.169 e. The largest absolute Gasteiger partial charge is 0.294 e. The van der Waals surface area contributed by atoms with E-state index < -0.39 is 5.41 Å². The summed E-state index contributed by atoms with van der Waals surface area (Å²) < 4.78 is 0. The third-order valence-corrected chi connectivity index (χ3v) is 5.48. The molecule has 3 aliphatic rings. The fourth-order valence-electron chi connectivity index (χ4n) is 4.37. The summed E-state index contributed by atoms with van der Waals surface area (Å²) in [7, 11) is 0. The van der Waals surface area contributed by atoms with Crippen LogP contribution in [0.15, 0.2) is 24.3 Å². The Balaban J connectivity index is 2.04. The fourth-order valence-corrected chi connectivity index (χ4v) is 4.37. The zero-order chi connectivity index (χ0) is 12.9. The minimum absolute atomic E-state index is 0.0442. The lowest BCUT2D eigenvalue weighted by Gasteiger charge is -2.55. The molecule has 0 spiro atoms. The Bertz CT molecular complexity index is 460. The lowest BCUT2D eigenvalue weighted by Crippen LogP contribution is -2.57. The molecule has 0 aromatic heterocycles. The van der Waals surface area contributed by atoms with Crippen molar-refractivity contribution in [2.24, 2.45) is 23.2 Å². The van der Waals surface area contributed by atoms with E-state index >= 15 is 0 Å². The summed E-state index contributed by atoms with van der Waals surface area (Å²) in [5.41, 5.74) is 0.607. The van der Waals surface area contributed by atoms with Crippen LogP contribution in [0.2, 0.25) is 0 Å². The van der Waals surface area contributed by atoms with Crippen molar-refractivity contribution < 1.29 is 9.59 Å². The van der Waals surface area contributed by atoms with Gasteiger partial charge < -0.3 is 0 Å². The molecule has 0 bridgehead atoms. The lowest BCUT2D eigenvalue weighted by molar-refractivity contribution is -0.152. The van der Waals surface area contributed by atoms with Crippen LogP contribution in [0.5, 0.6) is 0 Å². The maximum atomic E-state index is 12.4. The van der Waals surface area contributed by atoms with Crippen LogP contribution < -0.4 is 0 Å². The summed E-state index contributed by atoms with van der Waals surface area (Å²) in [6, 6.07) is 0. The zero-order valence-corrected chi connectivity index (χ0v) is 10.9. The first-order valence-electron chi connectivity index (χ1n) is 7.04. The van der Waals surface area contributed by atoms with Crippen LogP contribution in [0.25, 0.3) is 0 Å². The van der Waals surface area contributed by atoms with Gasteiger partial charge in [0.05, 0.1) is 5.41 Å². The van der Waals surface area contributed by atoms with E-state index in [2.05, 4.69) is 13.5 Å². The topological polar surface area (TPSA) is 34.1 Å². The molecule has 2 heteroatoms. The Morgan fingerprint density at radius 2 is 2.22 bits per heavy atom. The summed E-state index contributed by atoms with van der Waals surface area (Å²) in [4.78, 5) is 24.6. The normalized spacial score (nSPS) is 42.2. The van der Waals surface area contributed by atoms with Crippen LogP contribution in [0, 0.1) is 23.2 Å². The molecule has 4 unspecified atom stereocenters. The minimum Gasteiger partial charge on any atom is -0.294 e. The molecule has 0 aliphatic heterocycles. The van der Waals surface area contributed by atoms with Crippen LogP contribution in [0.3, 0.4) is 0 Å². The molecule has 0 saturated heterocycles. The van der Waals surface area contributed by atoms with Crippen molar-refractivity contribution in [2.75, 3.05) is 0 Å². The summed E-state index contributed by atoms with van der Waals surface area (Å²) in [5, 5.41) is 0. The predicted molar refractivity (Wildman–Crippen MR) is 70.0 cm³/mol. The molecule has 96 valence electrons. The monoisotopic (exact) mass is 244 g/mol. The molecule has 18 heavy (non-hydrogen) atoms. The molecule has 3 rings (SSSR count). The Hall–Kier alpha value is -1.18. The number of hydrogen-bond donors (Lipinski definition) is 0. The van der Waals surface area contributed by atoms with Crippen molar-refractivity contribution in [3.05, 3.63) is 24.3 Å².